The zero-order valence-electron chi connectivity index (χ0n) is 39.3. The second-order valence-corrected chi connectivity index (χ2v) is 16.9. The highest BCUT2D eigenvalue weighted by Gasteiger charge is 2.24. The van der Waals surface area contributed by atoms with Gasteiger partial charge in [0.1, 0.15) is 34.5 Å². The molecule has 368 valence electrons. The summed E-state index contributed by atoms with van der Waals surface area (Å²) in [6.45, 7) is 7.48. The molecule has 4 N–H and O–H groups in total. The molecule has 0 unspecified atom stereocenters. The van der Waals surface area contributed by atoms with Crippen LogP contribution in [0.4, 0.5) is 29.0 Å². The van der Waals surface area contributed by atoms with Crippen LogP contribution in [-0.2, 0) is 11.2 Å². The molecule has 8 rings (SSSR count). The lowest BCUT2D eigenvalue weighted by molar-refractivity contribution is -0.114. The first-order valence-electron chi connectivity index (χ1n) is 21.2. The van der Waals surface area contributed by atoms with E-state index in [0.29, 0.717) is 105 Å². The van der Waals surface area contributed by atoms with Gasteiger partial charge in [-0.1, -0.05) is 90.7 Å². The summed E-state index contributed by atoms with van der Waals surface area (Å²) in [5, 5.41) is 9.31. The number of para-hydroxylation sites is 2. The maximum absolute atomic E-state index is 12.0. The fourth-order valence-corrected chi connectivity index (χ4v) is 9.02. The molecule has 0 aliphatic carbocycles. The van der Waals surface area contributed by atoms with E-state index in [4.69, 9.17) is 80.6 Å². The number of aromatic nitrogens is 4. The van der Waals surface area contributed by atoms with Crippen LogP contribution in [0, 0.1) is 13.8 Å². The maximum Gasteiger partial charge on any atom is 0.227 e. The number of aryl methyl sites for hydroxylation is 2. The average Bonchev–Trinajstić information content (AvgIpc) is 3.36. The Morgan fingerprint density at radius 1 is 0.592 bits per heavy atom. The number of allylic oxidation sites excluding steroid dienone is 1. The lowest BCUT2D eigenvalue weighted by Crippen LogP contribution is -2.06. The third kappa shape index (κ3) is 11.1. The molecule has 18 heteroatoms. The van der Waals surface area contributed by atoms with Crippen LogP contribution in [-0.4, -0.2) is 68.4 Å². The number of nitrogens with two attached hydrogens (primary N) is 1. The number of hydrogen-bond donors (Lipinski definition) is 3. The molecule has 14 nitrogen and oxygen atoms in total. The molecule has 2 aromatic heterocycles. The van der Waals surface area contributed by atoms with Gasteiger partial charge in [-0.05, 0) is 54.8 Å². The molecular formula is C53H51Cl4N7O7. The Morgan fingerprint density at radius 2 is 0.986 bits per heavy atom. The number of rotatable bonds is 15. The lowest BCUT2D eigenvalue weighted by atomic mass is 10.0. The Kier molecular flexibility index (Phi) is 17.3. The van der Waals surface area contributed by atoms with Crippen molar-refractivity contribution >= 4 is 103 Å². The third-order valence-corrected chi connectivity index (χ3v) is 12.7. The summed E-state index contributed by atoms with van der Waals surface area (Å²) >= 11 is 26.6. The number of benzene rings is 6. The largest absolute Gasteiger partial charge is 0.496 e. The summed E-state index contributed by atoms with van der Waals surface area (Å²) in [5.74, 6) is 3.45. The molecule has 0 radical (unpaired) electrons. The summed E-state index contributed by atoms with van der Waals surface area (Å²) in [6, 6.07) is 22.0. The van der Waals surface area contributed by atoms with E-state index in [-0.39, 0.29) is 19.6 Å². The predicted octanol–water partition coefficient (Wildman–Crippen LogP) is 13.9. The minimum atomic E-state index is -0.0724. The van der Waals surface area contributed by atoms with Crippen molar-refractivity contribution in [2.24, 2.45) is 0 Å². The standard InChI is InChI=1S/C28H25Cl2N3O4.C24H22Cl2N4O3.CH4/c1-6-18(34)10-16-9-7-8-15(2)27(16)33-28-31-14-17-11-19(21(35-3)12-20(17)32-28)24-25(29)22(36-4)13-23(37-5)26(24)30;1-12-6-5-7-15(27)23(12)30-24-28-11-13-8-14(17(31-2)9-16(13)29-24)20-21(25)18(32-3)10-19(33-4)22(20)26;/h6-9,11-14H,1,10H2,2-5H3,(H,31,32,33);5-11H,27H2,1-4H3,(H,28,29,30);1H4. The topological polar surface area (TPSA) is 174 Å². The zero-order chi connectivity index (χ0) is 50.4. The second-order valence-electron chi connectivity index (χ2n) is 15.4. The van der Waals surface area contributed by atoms with Crippen LogP contribution in [0.3, 0.4) is 0 Å². The number of methoxy groups -OCH3 is 6. The Hall–Kier alpha value is -7.23. The van der Waals surface area contributed by atoms with Crippen LogP contribution in [0.5, 0.6) is 34.5 Å². The molecule has 0 aliphatic heterocycles. The van der Waals surface area contributed by atoms with Crippen molar-refractivity contribution in [3.8, 4) is 56.8 Å². The SMILES string of the molecule is C.C=CC(=O)Cc1cccc(C)c1Nc1ncc2cc(-c3c(Cl)c(OC)cc(OC)c3Cl)c(OC)cc2n1.COc1cc2nc(Nc3c(C)cccc3N)ncc2cc1-c1c(Cl)c(OC)cc(OC)c1Cl. The van der Waals surface area contributed by atoms with Gasteiger partial charge in [0.05, 0.1) is 85.2 Å². The molecule has 0 bridgehead atoms. The van der Waals surface area contributed by atoms with Crippen molar-refractivity contribution in [3.63, 3.8) is 0 Å². The van der Waals surface area contributed by atoms with E-state index < -0.39 is 0 Å². The number of fused-ring (bicyclic) bond motifs is 2. The van der Waals surface area contributed by atoms with E-state index in [1.807, 2.05) is 62.4 Å². The first-order valence-corrected chi connectivity index (χ1v) is 22.7. The molecule has 71 heavy (non-hydrogen) atoms. The van der Waals surface area contributed by atoms with E-state index in [1.165, 1.54) is 34.5 Å². The van der Waals surface area contributed by atoms with E-state index in [0.717, 1.165) is 38.8 Å². The highest BCUT2D eigenvalue weighted by Crippen LogP contribution is 2.51. The Balaban J connectivity index is 0.000000231. The van der Waals surface area contributed by atoms with Gasteiger partial charge in [-0.15, -0.1) is 0 Å². The van der Waals surface area contributed by atoms with E-state index in [2.05, 4.69) is 37.1 Å². The summed E-state index contributed by atoms with van der Waals surface area (Å²) in [5.41, 5.74) is 14.7. The summed E-state index contributed by atoms with van der Waals surface area (Å²) < 4.78 is 33.0. The number of nitrogens with one attached hydrogen (secondary N) is 2. The molecule has 0 fully saturated rings. The van der Waals surface area contributed by atoms with Gasteiger partial charge in [-0.3, -0.25) is 4.79 Å². The highest BCUT2D eigenvalue weighted by atomic mass is 35.5. The lowest BCUT2D eigenvalue weighted by Gasteiger charge is -2.17. The van der Waals surface area contributed by atoms with Crippen molar-refractivity contribution in [1.29, 1.82) is 0 Å². The molecule has 0 aliphatic rings. The normalized spacial score (nSPS) is 10.6. The number of ketones is 1. The molecule has 0 spiro atoms. The number of anilines is 5. The minimum absolute atomic E-state index is 0. The van der Waals surface area contributed by atoms with Crippen LogP contribution in [0.15, 0.2) is 97.8 Å². The van der Waals surface area contributed by atoms with Crippen molar-refractivity contribution in [2.75, 3.05) is 59.0 Å². The molecule has 0 saturated heterocycles. The summed E-state index contributed by atoms with van der Waals surface area (Å²) in [7, 11) is 9.22. The second kappa shape index (κ2) is 23.1. The van der Waals surface area contributed by atoms with Crippen molar-refractivity contribution < 1.29 is 33.2 Å². The van der Waals surface area contributed by atoms with Gasteiger partial charge in [-0.25, -0.2) is 19.9 Å². The molecule has 0 atom stereocenters. The average molecular weight is 1040 g/mol. The van der Waals surface area contributed by atoms with Gasteiger partial charge in [0, 0.05) is 81.8 Å². The van der Waals surface area contributed by atoms with Crippen molar-refractivity contribution in [1.82, 2.24) is 19.9 Å². The number of halogens is 4. The number of nitrogen functional groups attached to an aromatic ring is 1. The summed E-state index contributed by atoms with van der Waals surface area (Å²) in [4.78, 5) is 30.3. The molecular weight excluding hydrogens is 988 g/mol. The zero-order valence-corrected chi connectivity index (χ0v) is 42.3. The molecule has 8 aromatic rings. The van der Waals surface area contributed by atoms with E-state index in [9.17, 15) is 4.79 Å². The molecule has 6 aromatic carbocycles. The predicted molar refractivity (Wildman–Crippen MR) is 288 cm³/mol. The van der Waals surface area contributed by atoms with Crippen LogP contribution >= 0.6 is 46.4 Å². The fourth-order valence-electron chi connectivity index (χ4n) is 7.61. The third-order valence-electron chi connectivity index (χ3n) is 11.2. The van der Waals surface area contributed by atoms with Crippen LogP contribution in [0.1, 0.15) is 24.1 Å². The number of carbonyl (C=O) groups is 1. The molecule has 2 heterocycles. The van der Waals surface area contributed by atoms with E-state index >= 15 is 0 Å². The smallest absolute Gasteiger partial charge is 0.227 e. The van der Waals surface area contributed by atoms with Crippen LogP contribution < -0.4 is 44.8 Å². The number of nitrogens with zero attached hydrogens (tertiary/aromatic N) is 4. The number of ether oxygens (including phenoxy) is 6. The van der Waals surface area contributed by atoms with Gasteiger partial charge in [0.2, 0.25) is 11.9 Å². The Bertz CT molecular complexity index is 3240. The first kappa shape index (κ1) is 53.1. The van der Waals surface area contributed by atoms with Crippen molar-refractivity contribution in [3.05, 3.63) is 135 Å². The Morgan fingerprint density at radius 3 is 1.38 bits per heavy atom. The molecule has 0 saturated carbocycles. The minimum Gasteiger partial charge on any atom is -0.496 e. The van der Waals surface area contributed by atoms with Gasteiger partial charge in [-0.2, -0.15) is 0 Å². The van der Waals surface area contributed by atoms with Gasteiger partial charge in [0.15, 0.2) is 5.78 Å². The van der Waals surface area contributed by atoms with Gasteiger partial charge in [0.25, 0.3) is 0 Å². The maximum atomic E-state index is 12.0. The first-order chi connectivity index (χ1) is 33.7. The summed E-state index contributed by atoms with van der Waals surface area (Å²) in [6.07, 6.45) is 4.95. The van der Waals surface area contributed by atoms with Crippen LogP contribution in [0.2, 0.25) is 20.1 Å². The monoisotopic (exact) mass is 1040 g/mol. The fraction of sp³-hybridized carbons (Fsp3) is 0.189. The molecule has 0 amide bonds. The highest BCUT2D eigenvalue weighted by molar-refractivity contribution is 6.42. The van der Waals surface area contributed by atoms with Gasteiger partial charge < -0.3 is 44.8 Å². The number of hydrogen-bond acceptors (Lipinski definition) is 14. The number of carbonyl (C=O) groups excluding carboxylic acids is 1. The Labute approximate surface area is 432 Å². The van der Waals surface area contributed by atoms with Gasteiger partial charge >= 0.3 is 0 Å². The van der Waals surface area contributed by atoms with Crippen molar-refractivity contribution in [2.45, 2.75) is 27.7 Å². The van der Waals surface area contributed by atoms with E-state index in [1.54, 1.807) is 50.9 Å². The van der Waals surface area contributed by atoms with Crippen LogP contribution in [0.25, 0.3) is 44.1 Å². The quantitative estimate of drug-likeness (QED) is 0.0653.